The summed E-state index contributed by atoms with van der Waals surface area (Å²) in [5, 5.41) is 8.60. The normalized spacial score (nSPS) is 12.7. The second kappa shape index (κ2) is 6.73. The summed E-state index contributed by atoms with van der Waals surface area (Å²) >= 11 is 0. The van der Waals surface area contributed by atoms with Gasteiger partial charge in [0, 0.05) is 16.6 Å². The Bertz CT molecular complexity index is 583. The third kappa shape index (κ3) is 5.45. The molecule has 0 N–H and O–H groups in total. The van der Waals surface area contributed by atoms with E-state index >= 15 is 0 Å². The number of nitrogens with zero attached hydrogens (tertiary/aromatic N) is 1. The van der Waals surface area contributed by atoms with E-state index < -0.39 is 14.9 Å². The third-order valence-corrected chi connectivity index (χ3v) is 3.80. The molecule has 7 heteroatoms. The molecule has 0 radical (unpaired) electrons. The zero-order chi connectivity index (χ0) is 14.5. The van der Waals surface area contributed by atoms with Gasteiger partial charge >= 0.3 is 0 Å². The van der Waals surface area contributed by atoms with E-state index in [4.69, 9.17) is 20.7 Å². The molecule has 0 spiro atoms. The van der Waals surface area contributed by atoms with E-state index in [2.05, 4.69) is 0 Å². The summed E-state index contributed by atoms with van der Waals surface area (Å²) in [5.74, 6) is -1.19. The van der Waals surface area contributed by atoms with Gasteiger partial charge in [-0.25, -0.2) is 12.8 Å². The van der Waals surface area contributed by atoms with Gasteiger partial charge in [-0.1, -0.05) is 6.92 Å². The van der Waals surface area contributed by atoms with Crippen LogP contribution in [0.3, 0.4) is 0 Å². The maximum atomic E-state index is 13.5. The summed E-state index contributed by atoms with van der Waals surface area (Å²) in [5.41, 5.74) is 0.195. The molecule has 4 nitrogen and oxygen atoms in total. The predicted molar refractivity (Wildman–Crippen MR) is 70.0 cm³/mol. The van der Waals surface area contributed by atoms with E-state index in [-0.39, 0.29) is 29.6 Å². The smallest absolute Gasteiger partial charge is 0.232 e. The lowest BCUT2D eigenvalue weighted by molar-refractivity contribution is 0.247. The molecule has 0 heterocycles. The van der Waals surface area contributed by atoms with Crippen molar-refractivity contribution in [2.75, 3.05) is 12.4 Å². The highest BCUT2D eigenvalue weighted by Gasteiger charge is 2.17. The van der Waals surface area contributed by atoms with Crippen LogP contribution in [-0.4, -0.2) is 20.8 Å². The van der Waals surface area contributed by atoms with Gasteiger partial charge in [0.2, 0.25) is 9.05 Å². The topological polar surface area (TPSA) is 67.2 Å². The maximum Gasteiger partial charge on any atom is 0.232 e. The first-order valence-corrected chi connectivity index (χ1v) is 8.08. The lowest BCUT2D eigenvalue weighted by Gasteiger charge is -2.14. The van der Waals surface area contributed by atoms with Gasteiger partial charge in [-0.15, -0.1) is 0 Å². The summed E-state index contributed by atoms with van der Waals surface area (Å²) in [6.07, 6.45) is 0.545. The first kappa shape index (κ1) is 15.7. The van der Waals surface area contributed by atoms with Gasteiger partial charge in [-0.05, 0) is 24.6 Å². The van der Waals surface area contributed by atoms with Crippen LogP contribution in [0.25, 0.3) is 0 Å². The summed E-state index contributed by atoms with van der Waals surface area (Å²) < 4.78 is 40.7. The predicted octanol–water partition coefficient (Wildman–Crippen LogP) is 2.67. The zero-order valence-electron chi connectivity index (χ0n) is 10.3. The fourth-order valence-corrected chi connectivity index (χ4v) is 2.89. The maximum absolute atomic E-state index is 13.5. The number of nitriles is 1. The van der Waals surface area contributed by atoms with Crippen LogP contribution in [0.1, 0.15) is 18.9 Å². The molecule has 0 bridgehead atoms. The molecule has 0 aromatic heterocycles. The van der Waals surface area contributed by atoms with Crippen LogP contribution in [0.15, 0.2) is 18.2 Å². The number of ether oxygens (including phenoxy) is 1. The molecule has 1 rings (SSSR count). The minimum absolute atomic E-state index is 0.00980. The van der Waals surface area contributed by atoms with Crippen LogP contribution < -0.4 is 4.74 Å². The Morgan fingerprint density at radius 2 is 2.21 bits per heavy atom. The lowest BCUT2D eigenvalue weighted by atomic mass is 10.1. The van der Waals surface area contributed by atoms with Crippen molar-refractivity contribution < 1.29 is 17.5 Å². The van der Waals surface area contributed by atoms with E-state index in [0.29, 0.717) is 6.42 Å². The minimum Gasteiger partial charge on any atom is -0.490 e. The van der Waals surface area contributed by atoms with Gasteiger partial charge in [0.05, 0.1) is 24.0 Å². The van der Waals surface area contributed by atoms with E-state index in [9.17, 15) is 12.8 Å². The Balaban J connectivity index is 2.68. The van der Waals surface area contributed by atoms with E-state index in [1.165, 1.54) is 12.1 Å². The summed E-state index contributed by atoms with van der Waals surface area (Å²) in [6.45, 7) is 1.84. The number of hydrogen-bond acceptors (Lipinski definition) is 4. The van der Waals surface area contributed by atoms with Crippen LogP contribution in [0, 0.1) is 23.1 Å². The highest BCUT2D eigenvalue weighted by atomic mass is 35.7. The molecule has 0 saturated carbocycles. The first-order valence-electron chi connectivity index (χ1n) is 5.60. The van der Waals surface area contributed by atoms with Crippen molar-refractivity contribution in [3.63, 3.8) is 0 Å². The molecule has 104 valence electrons. The van der Waals surface area contributed by atoms with Crippen LogP contribution in [-0.2, 0) is 9.05 Å². The fraction of sp³-hybridized carbons (Fsp3) is 0.417. The molecule has 1 unspecified atom stereocenters. The largest absolute Gasteiger partial charge is 0.490 e. The highest BCUT2D eigenvalue weighted by Crippen LogP contribution is 2.20. The van der Waals surface area contributed by atoms with Crippen molar-refractivity contribution in [3.8, 4) is 11.8 Å². The summed E-state index contributed by atoms with van der Waals surface area (Å²) in [4.78, 5) is 0. The summed E-state index contributed by atoms with van der Waals surface area (Å²) in [6, 6.07) is 5.65. The molecule has 1 aromatic rings. The quantitative estimate of drug-likeness (QED) is 0.758. The standard InChI is InChI=1S/C12H13ClFNO3S/c1-2-9(8-19(13,16)17)7-18-12-4-3-10(6-15)5-11(12)14/h3-5,9H,2,7-8H2,1H3. The molecule has 0 amide bonds. The zero-order valence-corrected chi connectivity index (χ0v) is 11.8. The van der Waals surface area contributed by atoms with Crippen LogP contribution in [0.5, 0.6) is 5.75 Å². The average molecular weight is 306 g/mol. The third-order valence-electron chi connectivity index (χ3n) is 2.55. The Morgan fingerprint density at radius 3 is 2.68 bits per heavy atom. The number of benzene rings is 1. The van der Waals surface area contributed by atoms with Crippen LogP contribution >= 0.6 is 10.7 Å². The number of halogens is 2. The molecule has 0 aliphatic heterocycles. The first-order chi connectivity index (χ1) is 8.85. The average Bonchev–Trinajstić information content (AvgIpc) is 2.34. The van der Waals surface area contributed by atoms with Crippen LogP contribution in [0.2, 0.25) is 0 Å². The van der Waals surface area contributed by atoms with E-state index in [1.807, 2.05) is 6.07 Å². The SMILES string of the molecule is CCC(COc1ccc(C#N)cc1F)CS(=O)(=O)Cl. The second-order valence-corrected chi connectivity index (χ2v) is 6.87. The number of hydrogen-bond donors (Lipinski definition) is 0. The van der Waals surface area contributed by atoms with Crippen molar-refractivity contribution in [1.82, 2.24) is 0 Å². The van der Waals surface area contributed by atoms with Crippen molar-refractivity contribution in [3.05, 3.63) is 29.6 Å². The minimum atomic E-state index is -3.61. The van der Waals surface area contributed by atoms with E-state index in [0.717, 1.165) is 6.07 Å². The van der Waals surface area contributed by atoms with Gasteiger partial charge in [0.15, 0.2) is 11.6 Å². The van der Waals surface area contributed by atoms with Gasteiger partial charge in [0.25, 0.3) is 0 Å². The van der Waals surface area contributed by atoms with E-state index in [1.54, 1.807) is 6.92 Å². The Kier molecular flexibility index (Phi) is 5.58. The molecule has 1 aromatic carbocycles. The Morgan fingerprint density at radius 1 is 1.53 bits per heavy atom. The molecule has 1 atom stereocenters. The fourth-order valence-electron chi connectivity index (χ4n) is 1.46. The molecule has 19 heavy (non-hydrogen) atoms. The second-order valence-electron chi connectivity index (χ2n) is 4.05. The van der Waals surface area contributed by atoms with Gasteiger partial charge < -0.3 is 4.74 Å². The summed E-state index contributed by atoms with van der Waals surface area (Å²) in [7, 11) is 1.56. The van der Waals surface area contributed by atoms with Gasteiger partial charge in [0.1, 0.15) is 0 Å². The molecule has 0 aliphatic carbocycles. The van der Waals surface area contributed by atoms with Crippen molar-refractivity contribution >= 4 is 19.7 Å². The van der Waals surface area contributed by atoms with Crippen molar-refractivity contribution in [1.29, 1.82) is 5.26 Å². The van der Waals surface area contributed by atoms with Crippen molar-refractivity contribution in [2.24, 2.45) is 5.92 Å². The number of rotatable bonds is 6. The Hall–Kier alpha value is -1.32. The van der Waals surface area contributed by atoms with Crippen molar-refractivity contribution in [2.45, 2.75) is 13.3 Å². The molecular formula is C12H13ClFNO3S. The van der Waals surface area contributed by atoms with Gasteiger partial charge in [-0.3, -0.25) is 0 Å². The molecule has 0 fully saturated rings. The highest BCUT2D eigenvalue weighted by molar-refractivity contribution is 8.13. The molecule has 0 saturated heterocycles. The van der Waals surface area contributed by atoms with Gasteiger partial charge in [-0.2, -0.15) is 5.26 Å². The lowest BCUT2D eigenvalue weighted by Crippen LogP contribution is -2.19. The Labute approximate surface area is 116 Å². The molecular weight excluding hydrogens is 293 g/mol. The van der Waals surface area contributed by atoms with Crippen LogP contribution in [0.4, 0.5) is 4.39 Å². The molecule has 0 aliphatic rings. The monoisotopic (exact) mass is 305 g/mol.